The highest BCUT2D eigenvalue weighted by molar-refractivity contribution is 7.89. The Labute approximate surface area is 123 Å². The van der Waals surface area contributed by atoms with Gasteiger partial charge >= 0.3 is 0 Å². The van der Waals surface area contributed by atoms with Gasteiger partial charge in [-0.3, -0.25) is 0 Å². The molecule has 5 nitrogen and oxygen atoms in total. The first-order chi connectivity index (χ1) is 9.42. The van der Waals surface area contributed by atoms with Gasteiger partial charge in [-0.2, -0.15) is 0 Å². The average Bonchev–Trinajstić information content (AvgIpc) is 2.29. The van der Waals surface area contributed by atoms with E-state index in [9.17, 15) is 22.3 Å². The number of hydrogen-bond donors (Lipinski definition) is 3. The van der Waals surface area contributed by atoms with Crippen molar-refractivity contribution in [2.24, 2.45) is 5.41 Å². The highest BCUT2D eigenvalue weighted by atomic mass is 32.2. The van der Waals surface area contributed by atoms with Gasteiger partial charge in [0.1, 0.15) is 16.5 Å². The molecule has 1 atom stereocenters. The van der Waals surface area contributed by atoms with Crippen LogP contribution in [0.4, 0.5) is 14.5 Å². The summed E-state index contributed by atoms with van der Waals surface area (Å²) in [7, 11) is -4.21. The Balaban J connectivity index is 2.86. The highest BCUT2D eigenvalue weighted by Gasteiger charge is 2.23. The molecule has 0 fully saturated rings. The molecule has 0 aromatic heterocycles. The third-order valence-electron chi connectivity index (χ3n) is 2.70. The lowest BCUT2D eigenvalue weighted by atomic mass is 9.89. The molecule has 1 unspecified atom stereocenters. The largest absolute Gasteiger partial charge is 0.396 e. The number of nitrogens with one attached hydrogen (secondary N) is 1. The van der Waals surface area contributed by atoms with Crippen molar-refractivity contribution in [2.75, 3.05) is 12.3 Å². The normalized spacial score (nSPS) is 14.2. The molecule has 0 aliphatic carbocycles. The number of sulfonamides is 1. The van der Waals surface area contributed by atoms with Gasteiger partial charge in [-0.15, -0.1) is 0 Å². The number of hydrogen-bond acceptors (Lipinski definition) is 4. The Hall–Kier alpha value is -1.25. The van der Waals surface area contributed by atoms with Gasteiger partial charge in [-0.25, -0.2) is 21.9 Å². The molecule has 0 aliphatic rings. The number of nitrogens with two attached hydrogens (primary N) is 1. The van der Waals surface area contributed by atoms with E-state index in [2.05, 4.69) is 4.72 Å². The lowest BCUT2D eigenvalue weighted by molar-refractivity contribution is 0.125. The van der Waals surface area contributed by atoms with Crippen molar-refractivity contribution >= 4 is 15.7 Å². The van der Waals surface area contributed by atoms with Crippen LogP contribution in [0.25, 0.3) is 0 Å². The third kappa shape index (κ3) is 5.22. The molecule has 21 heavy (non-hydrogen) atoms. The van der Waals surface area contributed by atoms with Crippen LogP contribution >= 0.6 is 0 Å². The maximum absolute atomic E-state index is 13.5. The second-order valence-corrected chi connectivity index (χ2v) is 7.81. The van der Waals surface area contributed by atoms with Crippen LogP contribution in [-0.4, -0.2) is 26.2 Å². The van der Waals surface area contributed by atoms with E-state index in [4.69, 9.17) is 5.73 Å². The van der Waals surface area contributed by atoms with Crippen LogP contribution in [0.3, 0.4) is 0 Å². The van der Waals surface area contributed by atoms with Gasteiger partial charge < -0.3 is 10.8 Å². The second-order valence-electron chi connectivity index (χ2n) is 6.07. The fourth-order valence-corrected chi connectivity index (χ4v) is 2.98. The van der Waals surface area contributed by atoms with E-state index in [1.54, 1.807) is 0 Å². The standard InChI is InChI=1S/C13H20F2N2O3S/c1-13(2,3)6-8(18)7-17-21(19,20)12-5-11(16)9(14)4-10(12)15/h4-5,8,17-18H,6-7,16H2,1-3H3. The summed E-state index contributed by atoms with van der Waals surface area (Å²) in [4.78, 5) is -0.746. The minimum absolute atomic E-state index is 0.184. The minimum Gasteiger partial charge on any atom is -0.396 e. The number of halogens is 2. The van der Waals surface area contributed by atoms with Gasteiger partial charge in [0.2, 0.25) is 10.0 Å². The summed E-state index contributed by atoms with van der Waals surface area (Å²) in [5, 5.41) is 9.76. The van der Waals surface area contributed by atoms with E-state index < -0.39 is 38.3 Å². The first-order valence-corrected chi connectivity index (χ1v) is 7.83. The van der Waals surface area contributed by atoms with Crippen LogP contribution in [-0.2, 0) is 10.0 Å². The number of nitrogen functional groups attached to an aromatic ring is 1. The SMILES string of the molecule is CC(C)(C)CC(O)CNS(=O)(=O)c1cc(N)c(F)cc1F. The summed E-state index contributed by atoms with van der Waals surface area (Å²) < 4.78 is 52.6. The first kappa shape index (κ1) is 17.8. The fraction of sp³-hybridized carbons (Fsp3) is 0.538. The summed E-state index contributed by atoms with van der Waals surface area (Å²) in [6.07, 6.45) is -0.551. The predicted octanol–water partition coefficient (Wildman–Crippen LogP) is 1.62. The van der Waals surface area contributed by atoms with Crippen molar-refractivity contribution in [3.8, 4) is 0 Å². The number of aliphatic hydroxyl groups is 1. The van der Waals surface area contributed by atoms with Crippen LogP contribution in [0.1, 0.15) is 27.2 Å². The van der Waals surface area contributed by atoms with Gasteiger partial charge in [0.05, 0.1) is 11.8 Å². The monoisotopic (exact) mass is 322 g/mol. The average molecular weight is 322 g/mol. The zero-order valence-electron chi connectivity index (χ0n) is 12.2. The van der Waals surface area contributed by atoms with Crippen LogP contribution in [0, 0.1) is 17.0 Å². The zero-order valence-corrected chi connectivity index (χ0v) is 13.0. The predicted molar refractivity (Wildman–Crippen MR) is 76.0 cm³/mol. The molecule has 0 heterocycles. The number of rotatable bonds is 5. The maximum atomic E-state index is 13.5. The van der Waals surface area contributed by atoms with Crippen molar-refractivity contribution in [2.45, 2.75) is 38.2 Å². The van der Waals surface area contributed by atoms with Crippen LogP contribution in [0.15, 0.2) is 17.0 Å². The summed E-state index contributed by atoms with van der Waals surface area (Å²) >= 11 is 0. The highest BCUT2D eigenvalue weighted by Crippen LogP contribution is 2.22. The molecule has 120 valence electrons. The maximum Gasteiger partial charge on any atom is 0.243 e. The molecule has 0 saturated carbocycles. The lowest BCUT2D eigenvalue weighted by Gasteiger charge is -2.22. The molecule has 0 spiro atoms. The molecule has 0 saturated heterocycles. The molecular formula is C13H20F2N2O3S. The smallest absolute Gasteiger partial charge is 0.243 e. The van der Waals surface area contributed by atoms with Crippen molar-refractivity contribution in [3.63, 3.8) is 0 Å². The van der Waals surface area contributed by atoms with E-state index in [1.165, 1.54) is 0 Å². The van der Waals surface area contributed by atoms with E-state index in [1.807, 2.05) is 20.8 Å². The Morgan fingerprint density at radius 1 is 1.29 bits per heavy atom. The third-order valence-corrected chi connectivity index (χ3v) is 4.14. The van der Waals surface area contributed by atoms with Gasteiger partial charge in [-0.1, -0.05) is 20.8 Å². The molecule has 0 radical (unpaired) electrons. The number of anilines is 1. The Kier molecular flexibility index (Phi) is 5.30. The van der Waals surface area contributed by atoms with Crippen molar-refractivity contribution in [3.05, 3.63) is 23.8 Å². The molecule has 0 amide bonds. The molecule has 0 aliphatic heterocycles. The van der Waals surface area contributed by atoms with E-state index in [-0.39, 0.29) is 12.0 Å². The Morgan fingerprint density at radius 2 is 1.86 bits per heavy atom. The van der Waals surface area contributed by atoms with Crippen LogP contribution in [0.5, 0.6) is 0 Å². The molecule has 1 aromatic carbocycles. The summed E-state index contributed by atoms with van der Waals surface area (Å²) in [6, 6.07) is 1.12. The molecule has 8 heteroatoms. The zero-order chi connectivity index (χ0) is 16.4. The van der Waals surface area contributed by atoms with Gasteiger partial charge in [0.25, 0.3) is 0 Å². The first-order valence-electron chi connectivity index (χ1n) is 6.34. The van der Waals surface area contributed by atoms with Gasteiger partial charge in [0.15, 0.2) is 0 Å². The summed E-state index contributed by atoms with van der Waals surface area (Å²) in [5.41, 5.74) is 4.59. The minimum atomic E-state index is -4.21. The van der Waals surface area contributed by atoms with Gasteiger partial charge in [0, 0.05) is 12.6 Å². The van der Waals surface area contributed by atoms with Crippen LogP contribution in [0.2, 0.25) is 0 Å². The van der Waals surface area contributed by atoms with Crippen molar-refractivity contribution < 1.29 is 22.3 Å². The molecule has 1 aromatic rings. The summed E-state index contributed by atoms with van der Waals surface area (Å²) in [6.45, 7) is 5.41. The molecule has 4 N–H and O–H groups in total. The lowest BCUT2D eigenvalue weighted by Crippen LogP contribution is -2.34. The molecule has 0 bridgehead atoms. The van der Waals surface area contributed by atoms with Crippen molar-refractivity contribution in [1.82, 2.24) is 4.72 Å². The van der Waals surface area contributed by atoms with Gasteiger partial charge in [-0.05, 0) is 17.9 Å². The number of benzene rings is 1. The van der Waals surface area contributed by atoms with E-state index >= 15 is 0 Å². The quantitative estimate of drug-likeness (QED) is 0.718. The Bertz CT molecular complexity index is 613. The topological polar surface area (TPSA) is 92.4 Å². The van der Waals surface area contributed by atoms with E-state index in [0.717, 1.165) is 0 Å². The van der Waals surface area contributed by atoms with E-state index in [0.29, 0.717) is 18.6 Å². The molecular weight excluding hydrogens is 302 g/mol. The molecule has 1 rings (SSSR count). The Morgan fingerprint density at radius 3 is 2.38 bits per heavy atom. The van der Waals surface area contributed by atoms with Crippen molar-refractivity contribution in [1.29, 1.82) is 0 Å². The second kappa shape index (κ2) is 6.25. The fourth-order valence-electron chi connectivity index (χ4n) is 1.81. The number of aliphatic hydroxyl groups excluding tert-OH is 1. The van der Waals surface area contributed by atoms with Crippen LogP contribution < -0.4 is 10.5 Å². The summed E-state index contributed by atoms with van der Waals surface area (Å²) in [5.74, 6) is -2.27.